The molecule has 1 aliphatic rings. The van der Waals surface area contributed by atoms with E-state index in [0.29, 0.717) is 47.9 Å². The van der Waals surface area contributed by atoms with Crippen LogP contribution in [0.4, 0.5) is 16.4 Å². The topological polar surface area (TPSA) is 79.2 Å². The van der Waals surface area contributed by atoms with Crippen LogP contribution >= 0.6 is 23.2 Å². The molecular formula is C14H17Cl2N7O. The number of urea groups is 1. The number of pyridine rings is 1. The summed E-state index contributed by atoms with van der Waals surface area (Å²) in [6.45, 7) is 4.25. The van der Waals surface area contributed by atoms with Crippen molar-refractivity contribution in [2.24, 2.45) is 7.05 Å². The third-order valence-corrected chi connectivity index (χ3v) is 4.47. The maximum absolute atomic E-state index is 12.3. The molecule has 0 saturated carbocycles. The van der Waals surface area contributed by atoms with Crippen LogP contribution in [0, 0.1) is 6.92 Å². The van der Waals surface area contributed by atoms with Crippen LogP contribution in [0.1, 0.15) is 5.69 Å². The summed E-state index contributed by atoms with van der Waals surface area (Å²) in [5, 5.41) is 11.6. The molecule has 0 aromatic carbocycles. The first-order valence-corrected chi connectivity index (χ1v) is 8.19. The minimum absolute atomic E-state index is 0.187. The minimum Gasteiger partial charge on any atom is -0.352 e. The zero-order valence-electron chi connectivity index (χ0n) is 13.3. The number of aromatic nitrogens is 4. The Kier molecular flexibility index (Phi) is 4.77. The molecule has 0 bridgehead atoms. The molecule has 1 N–H and O–H groups in total. The number of hydrogen-bond acceptors (Lipinski definition) is 5. The Hall–Kier alpha value is -2.06. The van der Waals surface area contributed by atoms with Crippen molar-refractivity contribution in [3.63, 3.8) is 0 Å². The second-order valence-corrected chi connectivity index (χ2v) is 6.35. The molecule has 24 heavy (non-hydrogen) atoms. The molecule has 8 nitrogen and oxygen atoms in total. The third kappa shape index (κ3) is 3.39. The van der Waals surface area contributed by atoms with E-state index < -0.39 is 0 Å². The Morgan fingerprint density at radius 1 is 1.25 bits per heavy atom. The highest BCUT2D eigenvalue weighted by atomic mass is 35.5. The van der Waals surface area contributed by atoms with Gasteiger partial charge in [0.1, 0.15) is 5.82 Å². The van der Waals surface area contributed by atoms with Crippen molar-refractivity contribution in [2.45, 2.75) is 6.92 Å². The SMILES string of the molecule is Cc1c(NC(=O)N2CCN(c3ncc(Cl)cc3Cl)CC2)nnn1C. The Morgan fingerprint density at radius 2 is 1.96 bits per heavy atom. The molecule has 1 saturated heterocycles. The van der Waals surface area contributed by atoms with E-state index in [-0.39, 0.29) is 6.03 Å². The fourth-order valence-corrected chi connectivity index (χ4v) is 2.96. The number of aryl methyl sites for hydroxylation is 1. The van der Waals surface area contributed by atoms with Crippen molar-refractivity contribution < 1.29 is 4.79 Å². The Bertz CT molecular complexity index is 756. The average molecular weight is 370 g/mol. The van der Waals surface area contributed by atoms with Gasteiger partial charge in [-0.05, 0) is 13.0 Å². The summed E-state index contributed by atoms with van der Waals surface area (Å²) in [5.74, 6) is 1.17. The van der Waals surface area contributed by atoms with Crippen molar-refractivity contribution >= 4 is 40.9 Å². The molecule has 0 radical (unpaired) electrons. The van der Waals surface area contributed by atoms with E-state index in [9.17, 15) is 4.79 Å². The van der Waals surface area contributed by atoms with Gasteiger partial charge in [0.25, 0.3) is 0 Å². The Morgan fingerprint density at radius 3 is 2.54 bits per heavy atom. The molecule has 128 valence electrons. The van der Waals surface area contributed by atoms with Crippen molar-refractivity contribution in [2.75, 3.05) is 36.4 Å². The lowest BCUT2D eigenvalue weighted by atomic mass is 10.3. The maximum atomic E-state index is 12.3. The van der Waals surface area contributed by atoms with Crippen LogP contribution in [0.25, 0.3) is 0 Å². The first-order valence-electron chi connectivity index (χ1n) is 7.44. The summed E-state index contributed by atoms with van der Waals surface area (Å²) < 4.78 is 1.61. The molecule has 0 atom stereocenters. The first kappa shape index (κ1) is 16.8. The van der Waals surface area contributed by atoms with Gasteiger partial charge in [-0.3, -0.25) is 10.00 Å². The lowest BCUT2D eigenvalue weighted by Crippen LogP contribution is -2.50. The second-order valence-electron chi connectivity index (χ2n) is 5.51. The molecule has 10 heteroatoms. The molecule has 0 unspecified atom stereocenters. The lowest BCUT2D eigenvalue weighted by Gasteiger charge is -2.35. The number of piperazine rings is 1. The molecule has 0 aliphatic carbocycles. The lowest BCUT2D eigenvalue weighted by molar-refractivity contribution is 0.208. The van der Waals surface area contributed by atoms with E-state index >= 15 is 0 Å². The van der Waals surface area contributed by atoms with Crippen LogP contribution in [0.5, 0.6) is 0 Å². The number of amides is 2. The van der Waals surface area contributed by atoms with Crippen LogP contribution in [0.3, 0.4) is 0 Å². The van der Waals surface area contributed by atoms with Crippen molar-refractivity contribution in [1.82, 2.24) is 24.9 Å². The number of anilines is 2. The smallest absolute Gasteiger partial charge is 0.323 e. The van der Waals surface area contributed by atoms with E-state index in [0.717, 1.165) is 5.69 Å². The average Bonchev–Trinajstić information content (AvgIpc) is 2.87. The molecule has 2 aromatic rings. The fourth-order valence-electron chi connectivity index (χ4n) is 2.46. The van der Waals surface area contributed by atoms with Gasteiger partial charge < -0.3 is 9.80 Å². The number of nitrogens with zero attached hydrogens (tertiary/aromatic N) is 6. The van der Waals surface area contributed by atoms with E-state index in [2.05, 4.69) is 20.6 Å². The number of rotatable bonds is 2. The highest BCUT2D eigenvalue weighted by molar-refractivity contribution is 6.36. The molecule has 2 amide bonds. The zero-order chi connectivity index (χ0) is 17.3. The predicted molar refractivity (Wildman–Crippen MR) is 92.8 cm³/mol. The van der Waals surface area contributed by atoms with Crippen LogP contribution in [-0.4, -0.2) is 57.1 Å². The normalized spacial score (nSPS) is 14.8. The largest absolute Gasteiger partial charge is 0.352 e. The molecule has 1 aliphatic heterocycles. The van der Waals surface area contributed by atoms with Crippen LogP contribution in [0.15, 0.2) is 12.3 Å². The third-order valence-electron chi connectivity index (χ3n) is 3.99. The van der Waals surface area contributed by atoms with E-state index in [1.165, 1.54) is 0 Å². The predicted octanol–water partition coefficient (Wildman–Crippen LogP) is 2.18. The van der Waals surface area contributed by atoms with E-state index in [1.807, 2.05) is 11.8 Å². The van der Waals surface area contributed by atoms with Crippen molar-refractivity contribution in [3.05, 3.63) is 28.0 Å². The summed E-state index contributed by atoms with van der Waals surface area (Å²) in [5.41, 5.74) is 0.805. The summed E-state index contributed by atoms with van der Waals surface area (Å²) >= 11 is 12.1. The van der Waals surface area contributed by atoms with Gasteiger partial charge in [-0.25, -0.2) is 9.78 Å². The van der Waals surface area contributed by atoms with Gasteiger partial charge >= 0.3 is 6.03 Å². The van der Waals surface area contributed by atoms with Crippen LogP contribution in [0.2, 0.25) is 10.0 Å². The molecule has 0 spiro atoms. The first-order chi connectivity index (χ1) is 11.5. The van der Waals surface area contributed by atoms with Gasteiger partial charge in [0.05, 0.1) is 15.7 Å². The summed E-state index contributed by atoms with van der Waals surface area (Å²) in [6.07, 6.45) is 1.57. The van der Waals surface area contributed by atoms with Gasteiger partial charge in [-0.15, -0.1) is 5.10 Å². The number of hydrogen-bond donors (Lipinski definition) is 1. The van der Waals surface area contributed by atoms with E-state index in [4.69, 9.17) is 23.2 Å². The zero-order valence-corrected chi connectivity index (χ0v) is 14.8. The summed E-state index contributed by atoms with van der Waals surface area (Å²) in [4.78, 5) is 20.4. The number of carbonyl (C=O) groups is 1. The molecule has 3 rings (SSSR count). The highest BCUT2D eigenvalue weighted by Crippen LogP contribution is 2.26. The van der Waals surface area contributed by atoms with E-state index in [1.54, 1.807) is 28.9 Å². The number of carbonyl (C=O) groups excluding carboxylic acids is 1. The Balaban J connectivity index is 1.60. The molecule has 2 aromatic heterocycles. The van der Waals surface area contributed by atoms with Gasteiger partial charge in [0.15, 0.2) is 5.82 Å². The quantitative estimate of drug-likeness (QED) is 0.877. The highest BCUT2D eigenvalue weighted by Gasteiger charge is 2.24. The molecule has 3 heterocycles. The van der Waals surface area contributed by atoms with Crippen LogP contribution < -0.4 is 10.2 Å². The Labute approximate surface area is 149 Å². The second kappa shape index (κ2) is 6.82. The van der Waals surface area contributed by atoms with Gasteiger partial charge in [0.2, 0.25) is 0 Å². The van der Waals surface area contributed by atoms with Crippen molar-refractivity contribution in [3.8, 4) is 0 Å². The maximum Gasteiger partial charge on any atom is 0.323 e. The van der Waals surface area contributed by atoms with Gasteiger partial charge in [-0.2, -0.15) is 0 Å². The molecule has 1 fully saturated rings. The number of halogens is 2. The van der Waals surface area contributed by atoms with Gasteiger partial charge in [0, 0.05) is 39.4 Å². The van der Waals surface area contributed by atoms with Gasteiger partial charge in [-0.1, -0.05) is 28.4 Å². The van der Waals surface area contributed by atoms with Crippen molar-refractivity contribution in [1.29, 1.82) is 0 Å². The van der Waals surface area contributed by atoms with Crippen LogP contribution in [-0.2, 0) is 7.05 Å². The monoisotopic (exact) mass is 369 g/mol. The summed E-state index contributed by atoms with van der Waals surface area (Å²) in [6, 6.07) is 1.48. The standard InChI is InChI=1S/C14H17Cl2N7O/c1-9-12(19-20-21(9)2)18-14(24)23-5-3-22(4-6-23)13-11(16)7-10(15)8-17-13/h7-8H,3-6H2,1-2H3,(H,18,24). The summed E-state index contributed by atoms with van der Waals surface area (Å²) in [7, 11) is 1.78. The fraction of sp³-hybridized carbons (Fsp3) is 0.429. The molecular weight excluding hydrogens is 353 g/mol. The number of nitrogens with one attached hydrogen (secondary N) is 1. The minimum atomic E-state index is -0.187.